The third-order valence-corrected chi connectivity index (χ3v) is 5.04. The van der Waals surface area contributed by atoms with E-state index in [2.05, 4.69) is 10.3 Å². The molecule has 2 aromatic carbocycles. The smallest absolute Gasteiger partial charge is 0.329 e. The van der Waals surface area contributed by atoms with Crippen molar-refractivity contribution in [2.75, 3.05) is 0 Å². The lowest BCUT2D eigenvalue weighted by molar-refractivity contribution is -0.142. The quantitative estimate of drug-likeness (QED) is 0.512. The standard InChI is InChI=1S/C23H25N3O5/c1-14(2)12-18(22(29)30)24-20(27)19(13-15-8-4-3-5-9-15)26-21(28)16-10-6-7-11-17(16)25-23(26)31/h3-11,14,18-19H,12-13H2,1-2H3,(H,24,27)(H,25,31)(H,29,30)/t18-,19+/m0/s1. The molecule has 0 bridgehead atoms. The number of aliphatic carboxylic acids is 1. The third kappa shape index (κ3) is 5.09. The number of benzene rings is 2. The highest BCUT2D eigenvalue weighted by molar-refractivity contribution is 5.86. The first-order valence-corrected chi connectivity index (χ1v) is 10.1. The van der Waals surface area contributed by atoms with Gasteiger partial charge >= 0.3 is 11.7 Å². The maximum atomic E-state index is 13.2. The number of rotatable bonds is 8. The van der Waals surface area contributed by atoms with Gasteiger partial charge in [0, 0.05) is 6.42 Å². The molecule has 3 aromatic rings. The van der Waals surface area contributed by atoms with E-state index in [0.29, 0.717) is 5.52 Å². The summed E-state index contributed by atoms with van der Waals surface area (Å²) >= 11 is 0. The van der Waals surface area contributed by atoms with Crippen molar-refractivity contribution in [2.45, 2.75) is 38.8 Å². The molecular formula is C23H25N3O5. The van der Waals surface area contributed by atoms with Crippen LogP contribution >= 0.6 is 0 Å². The van der Waals surface area contributed by atoms with Crippen LogP contribution in [-0.2, 0) is 16.0 Å². The van der Waals surface area contributed by atoms with E-state index in [0.717, 1.165) is 10.1 Å². The summed E-state index contributed by atoms with van der Waals surface area (Å²) in [4.78, 5) is 53.4. The Balaban J connectivity index is 2.08. The molecule has 0 radical (unpaired) electrons. The Labute approximate surface area is 178 Å². The topological polar surface area (TPSA) is 121 Å². The molecule has 8 heteroatoms. The first kappa shape index (κ1) is 22.0. The van der Waals surface area contributed by atoms with Crippen LogP contribution in [0.3, 0.4) is 0 Å². The number of aromatic amines is 1. The number of para-hydroxylation sites is 1. The van der Waals surface area contributed by atoms with Gasteiger partial charge in [0.2, 0.25) is 5.91 Å². The van der Waals surface area contributed by atoms with Gasteiger partial charge in [-0.2, -0.15) is 0 Å². The number of carboxylic acid groups (broad SMARTS) is 1. The minimum absolute atomic E-state index is 0.0285. The van der Waals surface area contributed by atoms with E-state index < -0.39 is 35.2 Å². The Kier molecular flexibility index (Phi) is 6.69. The van der Waals surface area contributed by atoms with Crippen LogP contribution in [0, 0.1) is 5.92 Å². The van der Waals surface area contributed by atoms with Gasteiger partial charge in [-0.15, -0.1) is 0 Å². The van der Waals surface area contributed by atoms with E-state index in [1.807, 2.05) is 19.9 Å². The highest BCUT2D eigenvalue weighted by atomic mass is 16.4. The van der Waals surface area contributed by atoms with Crippen LogP contribution in [0.2, 0.25) is 0 Å². The summed E-state index contributed by atoms with van der Waals surface area (Å²) in [5.41, 5.74) is -0.227. The number of hydrogen-bond donors (Lipinski definition) is 3. The number of aromatic nitrogens is 2. The molecule has 0 aliphatic carbocycles. The van der Waals surface area contributed by atoms with Crippen LogP contribution in [0.5, 0.6) is 0 Å². The van der Waals surface area contributed by atoms with Gasteiger partial charge in [-0.25, -0.2) is 14.2 Å². The zero-order valence-corrected chi connectivity index (χ0v) is 17.4. The Morgan fingerprint density at radius 1 is 1.03 bits per heavy atom. The molecule has 0 fully saturated rings. The largest absolute Gasteiger partial charge is 0.480 e. The van der Waals surface area contributed by atoms with Crippen LogP contribution in [0.4, 0.5) is 0 Å². The van der Waals surface area contributed by atoms with Gasteiger partial charge in [0.15, 0.2) is 0 Å². The molecule has 0 aliphatic heterocycles. The molecule has 3 rings (SSSR count). The molecule has 2 atom stereocenters. The van der Waals surface area contributed by atoms with E-state index in [4.69, 9.17) is 0 Å². The predicted molar refractivity (Wildman–Crippen MR) is 117 cm³/mol. The number of hydrogen-bond acceptors (Lipinski definition) is 4. The Hall–Kier alpha value is -3.68. The van der Waals surface area contributed by atoms with Gasteiger partial charge in [0.1, 0.15) is 12.1 Å². The van der Waals surface area contributed by atoms with Crippen LogP contribution < -0.4 is 16.6 Å². The number of nitrogens with zero attached hydrogens (tertiary/aromatic N) is 1. The number of carbonyl (C=O) groups is 2. The lowest BCUT2D eigenvalue weighted by atomic mass is 10.0. The lowest BCUT2D eigenvalue weighted by Gasteiger charge is -2.23. The summed E-state index contributed by atoms with van der Waals surface area (Å²) < 4.78 is 0.874. The number of H-pyrrole nitrogens is 1. The van der Waals surface area contributed by atoms with Crippen molar-refractivity contribution in [3.8, 4) is 0 Å². The van der Waals surface area contributed by atoms with Gasteiger partial charge in [-0.1, -0.05) is 56.3 Å². The van der Waals surface area contributed by atoms with Crippen molar-refractivity contribution in [1.29, 1.82) is 0 Å². The Morgan fingerprint density at radius 2 is 1.68 bits per heavy atom. The third-order valence-electron chi connectivity index (χ3n) is 5.04. The zero-order chi connectivity index (χ0) is 22.5. The predicted octanol–water partition coefficient (Wildman–Crippen LogP) is 2.09. The van der Waals surface area contributed by atoms with E-state index in [-0.39, 0.29) is 24.1 Å². The van der Waals surface area contributed by atoms with Crippen LogP contribution in [-0.4, -0.2) is 32.6 Å². The minimum Gasteiger partial charge on any atom is -0.480 e. The fraction of sp³-hybridized carbons (Fsp3) is 0.304. The normalized spacial score (nSPS) is 13.1. The molecule has 3 N–H and O–H groups in total. The molecule has 1 aromatic heterocycles. The summed E-state index contributed by atoms with van der Waals surface area (Å²) in [6, 6.07) is 13.2. The van der Waals surface area contributed by atoms with E-state index in [1.165, 1.54) is 0 Å². The van der Waals surface area contributed by atoms with E-state index in [1.54, 1.807) is 48.5 Å². The van der Waals surface area contributed by atoms with Gasteiger partial charge < -0.3 is 15.4 Å². The maximum Gasteiger partial charge on any atom is 0.329 e. The number of amides is 1. The Morgan fingerprint density at radius 3 is 2.32 bits per heavy atom. The average Bonchev–Trinajstić information content (AvgIpc) is 2.72. The van der Waals surface area contributed by atoms with Crippen molar-refractivity contribution < 1.29 is 14.7 Å². The average molecular weight is 423 g/mol. The van der Waals surface area contributed by atoms with Gasteiger partial charge in [0.05, 0.1) is 10.9 Å². The summed E-state index contributed by atoms with van der Waals surface area (Å²) in [6.45, 7) is 3.70. The van der Waals surface area contributed by atoms with Crippen molar-refractivity contribution in [3.63, 3.8) is 0 Å². The van der Waals surface area contributed by atoms with E-state index >= 15 is 0 Å². The van der Waals surface area contributed by atoms with Crippen molar-refractivity contribution in [3.05, 3.63) is 81.0 Å². The summed E-state index contributed by atoms with van der Waals surface area (Å²) in [6.07, 6.45) is 0.282. The molecule has 0 saturated heterocycles. The Bertz CT molecular complexity index is 1200. The zero-order valence-electron chi connectivity index (χ0n) is 17.4. The fourth-order valence-corrected chi connectivity index (χ4v) is 3.56. The second-order valence-corrected chi connectivity index (χ2v) is 7.89. The van der Waals surface area contributed by atoms with Crippen LogP contribution in [0.15, 0.2) is 64.2 Å². The SMILES string of the molecule is CC(C)C[C@H](NC(=O)[C@@H](Cc1ccccc1)n1c(=O)[nH]c2ccccc2c1=O)C(=O)O. The lowest BCUT2D eigenvalue weighted by Crippen LogP contribution is -2.49. The first-order chi connectivity index (χ1) is 14.8. The van der Waals surface area contributed by atoms with Crippen molar-refractivity contribution in [2.24, 2.45) is 5.92 Å². The van der Waals surface area contributed by atoms with Gasteiger partial charge in [-0.3, -0.25) is 9.59 Å². The number of carbonyl (C=O) groups excluding carboxylic acids is 1. The van der Waals surface area contributed by atoms with Crippen molar-refractivity contribution in [1.82, 2.24) is 14.9 Å². The van der Waals surface area contributed by atoms with Gasteiger partial charge in [0.25, 0.3) is 5.56 Å². The van der Waals surface area contributed by atoms with Gasteiger partial charge in [-0.05, 0) is 30.0 Å². The fourth-order valence-electron chi connectivity index (χ4n) is 3.56. The summed E-state index contributed by atoms with van der Waals surface area (Å²) in [5.74, 6) is -1.83. The molecule has 31 heavy (non-hydrogen) atoms. The second kappa shape index (κ2) is 9.42. The van der Waals surface area contributed by atoms with E-state index in [9.17, 15) is 24.3 Å². The molecule has 0 spiro atoms. The molecular weight excluding hydrogens is 398 g/mol. The number of carboxylic acids is 1. The molecule has 0 unspecified atom stereocenters. The minimum atomic E-state index is -1.21. The monoisotopic (exact) mass is 423 g/mol. The number of fused-ring (bicyclic) bond motifs is 1. The van der Waals surface area contributed by atoms with Crippen LogP contribution in [0.25, 0.3) is 10.9 Å². The summed E-state index contributed by atoms with van der Waals surface area (Å²) in [7, 11) is 0. The second-order valence-electron chi connectivity index (χ2n) is 7.89. The molecule has 162 valence electrons. The highest BCUT2D eigenvalue weighted by Crippen LogP contribution is 2.15. The number of nitrogens with one attached hydrogen (secondary N) is 2. The molecule has 0 aliphatic rings. The maximum absolute atomic E-state index is 13.2. The first-order valence-electron chi connectivity index (χ1n) is 10.1. The summed E-state index contributed by atoms with van der Waals surface area (Å²) in [5, 5.41) is 12.3. The molecule has 1 heterocycles. The molecule has 8 nitrogen and oxygen atoms in total. The van der Waals surface area contributed by atoms with Crippen LogP contribution in [0.1, 0.15) is 31.9 Å². The molecule has 0 saturated carbocycles. The highest BCUT2D eigenvalue weighted by Gasteiger charge is 2.29. The van der Waals surface area contributed by atoms with Crippen molar-refractivity contribution >= 4 is 22.8 Å². The molecule has 1 amide bonds.